The van der Waals surface area contributed by atoms with Gasteiger partial charge in [0.1, 0.15) is 5.78 Å². The first-order valence-corrected chi connectivity index (χ1v) is 10.8. The maximum Gasteiger partial charge on any atom is 0.293 e. The van der Waals surface area contributed by atoms with Crippen LogP contribution in [0.3, 0.4) is 0 Å². The average Bonchev–Trinajstić information content (AvgIpc) is 3.58. The van der Waals surface area contributed by atoms with Crippen LogP contribution in [0.2, 0.25) is 0 Å². The number of fused-ring (bicyclic) bond motifs is 1. The van der Waals surface area contributed by atoms with E-state index in [1.807, 2.05) is 31.2 Å². The van der Waals surface area contributed by atoms with Gasteiger partial charge in [-0.25, -0.2) is 4.98 Å². The molecule has 1 aromatic carbocycles. The Hall–Kier alpha value is -3.93. The SMILES string of the molecule is C=C(C#N)/C=C(\OCC)C(=O)Nc1nc2cc(C(C)C(=O)C3CC3)ccc2n1CCC(N)=O. The Morgan fingerprint density at radius 2 is 2.15 bits per heavy atom. The number of primary amides is 1. The highest BCUT2D eigenvalue weighted by Crippen LogP contribution is 2.36. The Kier molecular flexibility index (Phi) is 7.28. The molecule has 0 bridgehead atoms. The third-order valence-electron chi connectivity index (χ3n) is 5.46. The van der Waals surface area contributed by atoms with Gasteiger partial charge in [0.05, 0.1) is 23.7 Å². The minimum absolute atomic E-state index is 0.0477. The maximum absolute atomic E-state index is 12.8. The van der Waals surface area contributed by atoms with Gasteiger partial charge in [-0.3, -0.25) is 19.7 Å². The second kappa shape index (κ2) is 10.1. The molecule has 1 atom stereocenters. The Bertz CT molecular complexity index is 1180. The molecule has 3 N–H and O–H groups in total. The van der Waals surface area contributed by atoms with Gasteiger partial charge in [-0.15, -0.1) is 0 Å². The first-order valence-electron chi connectivity index (χ1n) is 10.8. The summed E-state index contributed by atoms with van der Waals surface area (Å²) in [6, 6.07) is 7.36. The van der Waals surface area contributed by atoms with Crippen molar-refractivity contribution < 1.29 is 19.1 Å². The average molecular weight is 450 g/mol. The predicted molar refractivity (Wildman–Crippen MR) is 123 cm³/mol. The number of aryl methyl sites for hydroxylation is 1. The van der Waals surface area contributed by atoms with Crippen molar-refractivity contribution in [2.45, 2.75) is 45.6 Å². The number of Topliss-reactive ketones (excluding diaryl/α,β-unsaturated/α-hetero) is 1. The van der Waals surface area contributed by atoms with E-state index >= 15 is 0 Å². The number of hydrogen-bond acceptors (Lipinski definition) is 6. The molecule has 2 aromatic rings. The highest BCUT2D eigenvalue weighted by atomic mass is 16.5. The third kappa shape index (κ3) is 5.66. The Balaban J connectivity index is 1.96. The largest absolute Gasteiger partial charge is 0.488 e. The maximum atomic E-state index is 12.8. The smallest absolute Gasteiger partial charge is 0.293 e. The van der Waals surface area contributed by atoms with Gasteiger partial charge in [-0.05, 0) is 37.5 Å². The van der Waals surface area contributed by atoms with E-state index in [1.165, 1.54) is 6.08 Å². The minimum atomic E-state index is -0.610. The Morgan fingerprint density at radius 1 is 1.42 bits per heavy atom. The second-order valence-corrected chi connectivity index (χ2v) is 7.98. The number of nitrogens with zero attached hydrogens (tertiary/aromatic N) is 3. The van der Waals surface area contributed by atoms with Crippen LogP contribution < -0.4 is 11.1 Å². The second-order valence-electron chi connectivity index (χ2n) is 7.98. The van der Waals surface area contributed by atoms with E-state index in [0.717, 1.165) is 18.4 Å². The van der Waals surface area contributed by atoms with E-state index in [0.29, 0.717) is 11.0 Å². The molecule has 1 unspecified atom stereocenters. The van der Waals surface area contributed by atoms with E-state index in [9.17, 15) is 14.4 Å². The van der Waals surface area contributed by atoms with E-state index in [1.54, 1.807) is 11.5 Å². The van der Waals surface area contributed by atoms with Gasteiger partial charge in [-0.2, -0.15) is 5.26 Å². The molecule has 2 amide bonds. The van der Waals surface area contributed by atoms with Crippen LogP contribution in [0.15, 0.2) is 42.2 Å². The van der Waals surface area contributed by atoms with Crippen LogP contribution >= 0.6 is 0 Å². The van der Waals surface area contributed by atoms with Crippen molar-refractivity contribution in [1.29, 1.82) is 5.26 Å². The number of carbonyl (C=O) groups excluding carboxylic acids is 3. The van der Waals surface area contributed by atoms with Crippen molar-refractivity contribution in [3.63, 3.8) is 0 Å². The molecule has 1 aliphatic carbocycles. The fourth-order valence-electron chi connectivity index (χ4n) is 3.53. The Morgan fingerprint density at radius 3 is 2.76 bits per heavy atom. The van der Waals surface area contributed by atoms with Gasteiger partial charge >= 0.3 is 0 Å². The summed E-state index contributed by atoms with van der Waals surface area (Å²) in [7, 11) is 0. The van der Waals surface area contributed by atoms with Crippen molar-refractivity contribution in [2.75, 3.05) is 11.9 Å². The van der Waals surface area contributed by atoms with Crippen LogP contribution in [-0.4, -0.2) is 33.8 Å². The van der Waals surface area contributed by atoms with Gasteiger partial charge in [0, 0.05) is 36.5 Å². The monoisotopic (exact) mass is 449 g/mol. The zero-order chi connectivity index (χ0) is 24.1. The number of aromatic nitrogens is 2. The fourth-order valence-corrected chi connectivity index (χ4v) is 3.53. The molecular formula is C24H27N5O4. The molecular weight excluding hydrogens is 422 g/mol. The third-order valence-corrected chi connectivity index (χ3v) is 5.46. The zero-order valence-corrected chi connectivity index (χ0v) is 18.8. The molecule has 1 saturated carbocycles. The summed E-state index contributed by atoms with van der Waals surface area (Å²) in [4.78, 5) is 41.3. The molecule has 0 radical (unpaired) electrons. The standard InChI is InChI=1S/C24H27N5O4/c1-4-33-20(11-14(2)13-25)23(32)28-24-27-18-12-17(15(3)22(31)16-5-6-16)7-8-19(18)29(24)10-9-21(26)30/h7-8,11-12,15-16H,2,4-6,9-10H2,1,3H3,(H2,26,30)(H,27,28,32)/b20-11-. The molecule has 33 heavy (non-hydrogen) atoms. The molecule has 1 aliphatic rings. The molecule has 0 aliphatic heterocycles. The first kappa shape index (κ1) is 23.7. The van der Waals surface area contributed by atoms with E-state index in [-0.39, 0.29) is 54.5 Å². The number of imidazole rings is 1. The van der Waals surface area contributed by atoms with E-state index < -0.39 is 11.8 Å². The van der Waals surface area contributed by atoms with Gasteiger partial charge in [0.25, 0.3) is 5.91 Å². The summed E-state index contributed by atoms with van der Waals surface area (Å²) in [5.41, 5.74) is 7.50. The van der Waals surface area contributed by atoms with Crippen LogP contribution in [0.5, 0.6) is 0 Å². The molecule has 172 valence electrons. The molecule has 0 saturated heterocycles. The van der Waals surface area contributed by atoms with E-state index in [2.05, 4.69) is 16.9 Å². The summed E-state index contributed by atoms with van der Waals surface area (Å²) in [5.74, 6) is -0.869. The topological polar surface area (TPSA) is 140 Å². The predicted octanol–water partition coefficient (Wildman–Crippen LogP) is 2.93. The van der Waals surface area contributed by atoms with Gasteiger partial charge in [0.15, 0.2) is 5.76 Å². The number of benzene rings is 1. The lowest BCUT2D eigenvalue weighted by Crippen LogP contribution is -2.21. The number of allylic oxidation sites excluding steroid dienone is 2. The van der Waals surface area contributed by atoms with Crippen LogP contribution in [-0.2, 0) is 25.7 Å². The number of nitrogens with one attached hydrogen (secondary N) is 1. The number of hydrogen-bond donors (Lipinski definition) is 2. The number of amides is 2. The van der Waals surface area contributed by atoms with Crippen molar-refractivity contribution in [3.05, 3.63) is 47.7 Å². The van der Waals surface area contributed by atoms with Gasteiger partial charge in [-0.1, -0.05) is 19.6 Å². The molecule has 1 aromatic heterocycles. The lowest BCUT2D eigenvalue weighted by atomic mass is 9.94. The number of nitriles is 1. The number of carbonyl (C=O) groups is 3. The molecule has 1 heterocycles. The van der Waals surface area contributed by atoms with Crippen LogP contribution in [0.1, 0.15) is 44.6 Å². The summed E-state index contributed by atoms with van der Waals surface area (Å²) >= 11 is 0. The number of ketones is 1. The number of anilines is 1. The van der Waals surface area contributed by atoms with Crippen molar-refractivity contribution >= 4 is 34.6 Å². The number of rotatable bonds is 11. The molecule has 9 nitrogen and oxygen atoms in total. The number of nitrogens with two attached hydrogens (primary N) is 1. The van der Waals surface area contributed by atoms with Crippen molar-refractivity contribution in [2.24, 2.45) is 11.7 Å². The molecule has 9 heteroatoms. The lowest BCUT2D eigenvalue weighted by Gasteiger charge is -2.12. The normalized spacial score (nSPS) is 14.4. The molecule has 1 fully saturated rings. The number of ether oxygens (including phenoxy) is 1. The van der Waals surface area contributed by atoms with Crippen LogP contribution in [0.25, 0.3) is 11.0 Å². The summed E-state index contributed by atoms with van der Waals surface area (Å²) in [6.07, 6.45) is 3.18. The Labute approximate surface area is 191 Å². The fraction of sp³-hybridized carbons (Fsp3) is 0.375. The summed E-state index contributed by atoms with van der Waals surface area (Å²) < 4.78 is 7.03. The highest BCUT2D eigenvalue weighted by molar-refractivity contribution is 6.02. The zero-order valence-electron chi connectivity index (χ0n) is 18.8. The summed E-state index contributed by atoms with van der Waals surface area (Å²) in [6.45, 7) is 7.56. The van der Waals surface area contributed by atoms with Gasteiger partial charge in [0.2, 0.25) is 11.9 Å². The van der Waals surface area contributed by atoms with Crippen LogP contribution in [0, 0.1) is 17.2 Å². The molecule has 0 spiro atoms. The van der Waals surface area contributed by atoms with E-state index in [4.69, 9.17) is 15.7 Å². The van der Waals surface area contributed by atoms with Gasteiger partial charge < -0.3 is 15.0 Å². The highest BCUT2D eigenvalue weighted by Gasteiger charge is 2.33. The quantitative estimate of drug-likeness (QED) is 0.234. The van der Waals surface area contributed by atoms with Crippen molar-refractivity contribution in [1.82, 2.24) is 9.55 Å². The van der Waals surface area contributed by atoms with Crippen molar-refractivity contribution in [3.8, 4) is 6.07 Å². The lowest BCUT2D eigenvalue weighted by molar-refractivity contribution is -0.121. The first-order chi connectivity index (χ1) is 15.7. The summed E-state index contributed by atoms with van der Waals surface area (Å²) in [5, 5.41) is 11.7. The minimum Gasteiger partial charge on any atom is -0.488 e. The van der Waals surface area contributed by atoms with Crippen LogP contribution in [0.4, 0.5) is 5.95 Å². The molecule has 3 rings (SSSR count).